The van der Waals surface area contributed by atoms with Gasteiger partial charge < -0.3 is 14.7 Å². The van der Waals surface area contributed by atoms with Crippen LogP contribution in [0.4, 0.5) is 0 Å². The van der Waals surface area contributed by atoms with E-state index in [9.17, 15) is 9.90 Å². The van der Waals surface area contributed by atoms with Crippen LogP contribution in [0.3, 0.4) is 0 Å². The molecule has 4 rings (SSSR count). The number of hydrogen-bond donors (Lipinski definition) is 1. The first-order chi connectivity index (χ1) is 12.6. The monoisotopic (exact) mass is 350 g/mol. The van der Waals surface area contributed by atoms with Crippen molar-refractivity contribution < 1.29 is 19.5 Å². The summed E-state index contributed by atoms with van der Waals surface area (Å²) < 4.78 is 5.88. The number of benzene rings is 1. The summed E-state index contributed by atoms with van der Waals surface area (Å²) in [5.41, 5.74) is 1.96. The first-order valence-electron chi connectivity index (χ1n) is 9.12. The maximum Gasteiger partial charge on any atom is 0.231 e. The van der Waals surface area contributed by atoms with E-state index in [2.05, 4.69) is 11.9 Å². The van der Waals surface area contributed by atoms with E-state index in [-0.39, 0.29) is 17.3 Å². The van der Waals surface area contributed by atoms with Gasteiger partial charge in [-0.1, -0.05) is 18.7 Å². The smallest absolute Gasteiger partial charge is 0.231 e. The van der Waals surface area contributed by atoms with Gasteiger partial charge >= 0.3 is 0 Å². The highest BCUT2D eigenvalue weighted by atomic mass is 16.5. The molecule has 0 radical (unpaired) electrons. The summed E-state index contributed by atoms with van der Waals surface area (Å²) in [5, 5.41) is 12.5. The molecule has 2 aliphatic rings. The summed E-state index contributed by atoms with van der Waals surface area (Å²) in [5.74, 6) is 1.16. The van der Waals surface area contributed by atoms with Gasteiger partial charge in [-0.3, -0.25) is 9.78 Å². The summed E-state index contributed by atoms with van der Waals surface area (Å²) in [6.07, 6.45) is 7.46. The number of nitrogens with one attached hydrogen (secondary N) is 1. The van der Waals surface area contributed by atoms with Crippen molar-refractivity contribution in [2.75, 3.05) is 13.1 Å². The Morgan fingerprint density at radius 1 is 1.31 bits per heavy atom. The van der Waals surface area contributed by atoms with Crippen LogP contribution in [-0.4, -0.2) is 23.9 Å². The number of hydrogen-bond acceptors (Lipinski definition) is 4. The fraction of sp³-hybridized carbons (Fsp3) is 0.333. The van der Waals surface area contributed by atoms with Crippen LogP contribution >= 0.6 is 0 Å². The van der Waals surface area contributed by atoms with E-state index in [1.807, 2.05) is 12.1 Å². The van der Waals surface area contributed by atoms with Crippen LogP contribution in [0.1, 0.15) is 41.3 Å². The number of carbonyl (C=O) groups is 1. The zero-order chi connectivity index (χ0) is 18.1. The SMILES string of the molecule is CC1CCC[NH+](Cc2c([O-])ccc3c2OC(=Cc2ccncc2)C3=O)C1. The molecular weight excluding hydrogens is 328 g/mol. The Morgan fingerprint density at radius 3 is 2.88 bits per heavy atom. The number of aromatic nitrogens is 1. The number of rotatable bonds is 3. The number of nitrogens with zero attached hydrogens (tertiary/aromatic N) is 1. The van der Waals surface area contributed by atoms with Gasteiger partial charge in [0.2, 0.25) is 5.78 Å². The average molecular weight is 350 g/mol. The number of allylic oxidation sites excluding steroid dienone is 1. The summed E-state index contributed by atoms with van der Waals surface area (Å²) >= 11 is 0. The zero-order valence-electron chi connectivity index (χ0n) is 14.8. The van der Waals surface area contributed by atoms with E-state index < -0.39 is 0 Å². The number of fused-ring (bicyclic) bond motifs is 1. The van der Waals surface area contributed by atoms with Crippen LogP contribution in [0, 0.1) is 5.92 Å². The van der Waals surface area contributed by atoms with Crippen LogP contribution < -0.4 is 14.7 Å². The van der Waals surface area contributed by atoms with Gasteiger partial charge in [-0.25, -0.2) is 0 Å². The lowest BCUT2D eigenvalue weighted by atomic mass is 9.99. The molecule has 5 heteroatoms. The molecule has 3 heterocycles. The third-order valence-electron chi connectivity index (χ3n) is 5.19. The molecule has 2 atom stereocenters. The molecule has 0 spiro atoms. The van der Waals surface area contributed by atoms with E-state index in [4.69, 9.17) is 4.74 Å². The molecule has 26 heavy (non-hydrogen) atoms. The van der Waals surface area contributed by atoms with Gasteiger partial charge in [0.15, 0.2) is 5.76 Å². The largest absolute Gasteiger partial charge is 0.872 e. The van der Waals surface area contributed by atoms with Crippen molar-refractivity contribution in [2.45, 2.75) is 26.3 Å². The third kappa shape index (κ3) is 3.22. The summed E-state index contributed by atoms with van der Waals surface area (Å²) in [6.45, 7) is 4.97. The standard InChI is InChI=1S/C21H22N2O3/c1-14-3-2-10-23(12-14)13-17-18(24)5-4-16-20(25)19(26-21(16)17)11-15-6-8-22-9-7-15/h4-9,11,14,24H,2-3,10,12-13H2,1H3. The van der Waals surface area contributed by atoms with Gasteiger partial charge in [-0.2, -0.15) is 0 Å². The fourth-order valence-electron chi connectivity index (χ4n) is 3.88. The maximum atomic E-state index is 12.7. The minimum absolute atomic E-state index is 0.0487. The number of pyridine rings is 1. The Morgan fingerprint density at radius 2 is 2.12 bits per heavy atom. The number of ketones is 1. The van der Waals surface area contributed by atoms with E-state index in [1.165, 1.54) is 23.8 Å². The fourth-order valence-corrected chi connectivity index (χ4v) is 3.88. The first kappa shape index (κ1) is 16.8. The number of likely N-dealkylation sites (tertiary alicyclic amines) is 1. The second-order valence-electron chi connectivity index (χ2n) is 7.27. The molecular formula is C21H22N2O3. The van der Waals surface area contributed by atoms with Gasteiger partial charge in [-0.05, 0) is 42.7 Å². The van der Waals surface area contributed by atoms with E-state index >= 15 is 0 Å². The van der Waals surface area contributed by atoms with Crippen LogP contribution in [0.15, 0.2) is 42.4 Å². The molecule has 134 valence electrons. The molecule has 0 saturated carbocycles. The summed E-state index contributed by atoms with van der Waals surface area (Å²) in [7, 11) is 0. The molecule has 1 N–H and O–H groups in total. The lowest BCUT2D eigenvalue weighted by molar-refractivity contribution is -0.922. The number of ether oxygens (including phenoxy) is 1. The second kappa shape index (κ2) is 6.92. The molecule has 1 aromatic heterocycles. The van der Waals surface area contributed by atoms with Crippen molar-refractivity contribution in [3.05, 3.63) is 59.1 Å². The summed E-state index contributed by atoms with van der Waals surface area (Å²) in [6, 6.07) is 6.71. The molecule has 2 aliphatic heterocycles. The highest BCUT2D eigenvalue weighted by Crippen LogP contribution is 2.38. The molecule has 0 bridgehead atoms. The minimum Gasteiger partial charge on any atom is -0.872 e. The van der Waals surface area contributed by atoms with Gasteiger partial charge in [0, 0.05) is 23.9 Å². The predicted molar refractivity (Wildman–Crippen MR) is 95.9 cm³/mol. The second-order valence-corrected chi connectivity index (χ2v) is 7.27. The van der Waals surface area contributed by atoms with Crippen molar-refractivity contribution in [3.8, 4) is 11.5 Å². The first-order valence-corrected chi connectivity index (χ1v) is 9.12. The summed E-state index contributed by atoms with van der Waals surface area (Å²) in [4.78, 5) is 18.1. The lowest BCUT2D eigenvalue weighted by Crippen LogP contribution is -3.12. The number of piperidine rings is 1. The highest BCUT2D eigenvalue weighted by molar-refractivity contribution is 6.14. The van der Waals surface area contributed by atoms with Gasteiger partial charge in [0.25, 0.3) is 0 Å². The molecule has 1 saturated heterocycles. The van der Waals surface area contributed by atoms with Crippen molar-refractivity contribution in [2.24, 2.45) is 5.92 Å². The average Bonchev–Trinajstić information content (AvgIpc) is 2.95. The minimum atomic E-state index is -0.167. The van der Waals surface area contributed by atoms with Gasteiger partial charge in [0.1, 0.15) is 12.3 Å². The van der Waals surface area contributed by atoms with Crippen molar-refractivity contribution in [1.29, 1.82) is 0 Å². The zero-order valence-corrected chi connectivity index (χ0v) is 14.8. The predicted octanol–water partition coefficient (Wildman–Crippen LogP) is 1.59. The number of carbonyl (C=O) groups excluding carboxylic acids is 1. The quantitative estimate of drug-likeness (QED) is 0.854. The van der Waals surface area contributed by atoms with Crippen LogP contribution in [-0.2, 0) is 6.54 Å². The Balaban J connectivity index is 1.64. The van der Waals surface area contributed by atoms with Crippen LogP contribution in [0.2, 0.25) is 0 Å². The molecule has 0 amide bonds. The van der Waals surface area contributed by atoms with E-state index in [1.54, 1.807) is 24.5 Å². The Kier molecular flexibility index (Phi) is 4.47. The lowest BCUT2D eigenvalue weighted by Gasteiger charge is -2.29. The topological polar surface area (TPSA) is 66.7 Å². The molecule has 2 aromatic rings. The Labute approximate surface area is 152 Å². The van der Waals surface area contributed by atoms with Crippen molar-refractivity contribution in [3.63, 3.8) is 0 Å². The van der Waals surface area contributed by atoms with Crippen LogP contribution in [0.5, 0.6) is 11.5 Å². The molecule has 5 nitrogen and oxygen atoms in total. The van der Waals surface area contributed by atoms with Crippen molar-refractivity contribution >= 4 is 11.9 Å². The van der Waals surface area contributed by atoms with Crippen molar-refractivity contribution in [1.82, 2.24) is 4.98 Å². The van der Waals surface area contributed by atoms with Gasteiger partial charge in [-0.15, -0.1) is 0 Å². The normalized spacial score (nSPS) is 23.7. The molecule has 1 aromatic carbocycles. The highest BCUT2D eigenvalue weighted by Gasteiger charge is 2.31. The number of Topliss-reactive ketones (excluding diaryl/α,β-unsaturated/α-hetero) is 1. The molecule has 1 fully saturated rings. The van der Waals surface area contributed by atoms with Gasteiger partial charge in [0.05, 0.1) is 18.7 Å². The Bertz CT molecular complexity index is 861. The van der Waals surface area contributed by atoms with E-state index in [0.717, 1.165) is 18.7 Å². The maximum absolute atomic E-state index is 12.7. The van der Waals surface area contributed by atoms with Crippen LogP contribution in [0.25, 0.3) is 6.08 Å². The van der Waals surface area contributed by atoms with E-state index in [0.29, 0.717) is 29.3 Å². The Hall–Kier alpha value is -2.66. The third-order valence-corrected chi connectivity index (χ3v) is 5.19. The number of quaternary nitrogens is 1. The molecule has 0 aliphatic carbocycles. The molecule has 2 unspecified atom stereocenters.